The van der Waals surface area contributed by atoms with Gasteiger partial charge in [-0.2, -0.15) is 0 Å². The third-order valence-corrected chi connectivity index (χ3v) is 5.09. The highest BCUT2D eigenvalue weighted by molar-refractivity contribution is 14.1. The summed E-state index contributed by atoms with van der Waals surface area (Å²) < 4.78 is 1.16. The van der Waals surface area contributed by atoms with Gasteiger partial charge in [0.25, 0.3) is 0 Å². The molecule has 5 heteroatoms. The van der Waals surface area contributed by atoms with Crippen molar-refractivity contribution in [2.24, 2.45) is 0 Å². The maximum Gasteiger partial charge on any atom is 0.163 e. The lowest BCUT2D eigenvalue weighted by Crippen LogP contribution is -2.08. The first-order chi connectivity index (χ1) is 10.2. The van der Waals surface area contributed by atoms with Gasteiger partial charge in [0.2, 0.25) is 0 Å². The number of nitrogens with one attached hydrogen (secondary N) is 1. The van der Waals surface area contributed by atoms with E-state index >= 15 is 0 Å². The van der Waals surface area contributed by atoms with Gasteiger partial charge in [-0.15, -0.1) is 0 Å². The summed E-state index contributed by atoms with van der Waals surface area (Å²) in [5.74, 6) is 2.27. The van der Waals surface area contributed by atoms with Crippen LogP contribution in [0.15, 0.2) is 18.3 Å². The lowest BCUT2D eigenvalue weighted by molar-refractivity contribution is 0.691. The molecule has 1 saturated carbocycles. The van der Waals surface area contributed by atoms with Crippen molar-refractivity contribution >= 4 is 28.4 Å². The molecule has 0 saturated heterocycles. The fourth-order valence-corrected chi connectivity index (χ4v) is 3.78. The van der Waals surface area contributed by atoms with Crippen molar-refractivity contribution in [2.75, 3.05) is 12.4 Å². The van der Waals surface area contributed by atoms with Gasteiger partial charge in [-0.3, -0.25) is 4.98 Å². The van der Waals surface area contributed by atoms with Crippen LogP contribution in [-0.2, 0) is 0 Å². The molecule has 2 aromatic heterocycles. The van der Waals surface area contributed by atoms with E-state index in [0.717, 1.165) is 26.5 Å². The van der Waals surface area contributed by atoms with Crippen LogP contribution in [0.4, 0.5) is 5.82 Å². The van der Waals surface area contributed by atoms with Gasteiger partial charge in [-0.25, -0.2) is 9.97 Å². The molecule has 0 radical (unpaired) electrons. The molecule has 0 spiro atoms. The Morgan fingerprint density at radius 3 is 2.57 bits per heavy atom. The maximum absolute atomic E-state index is 4.86. The van der Waals surface area contributed by atoms with Gasteiger partial charge >= 0.3 is 0 Å². The maximum atomic E-state index is 4.86. The Morgan fingerprint density at radius 2 is 1.95 bits per heavy atom. The molecular weight excluding hydrogens is 375 g/mol. The number of pyridine rings is 1. The van der Waals surface area contributed by atoms with Gasteiger partial charge < -0.3 is 5.32 Å². The predicted octanol–water partition coefficient (Wildman–Crippen LogP) is 4.15. The predicted molar refractivity (Wildman–Crippen MR) is 93.5 cm³/mol. The highest BCUT2D eigenvalue weighted by Crippen LogP contribution is 2.37. The molecule has 0 aliphatic heterocycles. The van der Waals surface area contributed by atoms with E-state index in [1.165, 1.54) is 31.4 Å². The van der Waals surface area contributed by atoms with Gasteiger partial charge in [-0.05, 0) is 54.5 Å². The van der Waals surface area contributed by atoms with Crippen LogP contribution in [0, 0.1) is 10.5 Å². The molecule has 0 aromatic carbocycles. The quantitative estimate of drug-likeness (QED) is 0.795. The molecule has 0 bridgehead atoms. The Morgan fingerprint density at radius 1 is 1.19 bits per heavy atom. The van der Waals surface area contributed by atoms with Crippen LogP contribution in [0.3, 0.4) is 0 Å². The van der Waals surface area contributed by atoms with E-state index in [0.29, 0.717) is 5.92 Å². The van der Waals surface area contributed by atoms with Crippen LogP contribution in [0.1, 0.15) is 43.0 Å². The van der Waals surface area contributed by atoms with Crippen molar-refractivity contribution in [1.82, 2.24) is 15.0 Å². The van der Waals surface area contributed by atoms with Crippen LogP contribution >= 0.6 is 22.6 Å². The zero-order valence-corrected chi connectivity index (χ0v) is 14.5. The summed E-state index contributed by atoms with van der Waals surface area (Å²) in [6.45, 7) is 1.99. The number of hydrogen-bond acceptors (Lipinski definition) is 4. The molecule has 0 atom stereocenters. The smallest absolute Gasteiger partial charge is 0.163 e. The Balaban J connectivity index is 2.08. The van der Waals surface area contributed by atoms with E-state index in [1.54, 1.807) is 0 Å². The number of aryl methyl sites for hydroxylation is 1. The minimum absolute atomic E-state index is 0.573. The number of nitrogens with zero attached hydrogens (tertiary/aromatic N) is 3. The van der Waals surface area contributed by atoms with Gasteiger partial charge in [0.1, 0.15) is 5.82 Å². The SMILES string of the molecule is CNc1nc(-c2ccc(C)nc2)nc(C2CCCC2)c1I. The number of rotatable bonds is 3. The molecule has 21 heavy (non-hydrogen) atoms. The highest BCUT2D eigenvalue weighted by atomic mass is 127. The Bertz CT molecular complexity index is 633. The summed E-state index contributed by atoms with van der Waals surface area (Å²) in [7, 11) is 1.92. The molecule has 1 N–H and O–H groups in total. The van der Waals surface area contributed by atoms with Crippen LogP contribution in [0.5, 0.6) is 0 Å². The van der Waals surface area contributed by atoms with Crippen LogP contribution in [0.25, 0.3) is 11.4 Å². The van der Waals surface area contributed by atoms with Crippen molar-refractivity contribution in [3.8, 4) is 11.4 Å². The molecule has 1 fully saturated rings. The fraction of sp³-hybridized carbons (Fsp3) is 0.438. The van der Waals surface area contributed by atoms with Crippen molar-refractivity contribution in [2.45, 2.75) is 38.5 Å². The first-order valence-electron chi connectivity index (χ1n) is 7.37. The molecule has 1 aliphatic rings. The monoisotopic (exact) mass is 394 g/mol. The molecule has 3 rings (SSSR count). The zero-order chi connectivity index (χ0) is 14.8. The van der Waals surface area contributed by atoms with E-state index in [4.69, 9.17) is 4.98 Å². The topological polar surface area (TPSA) is 50.7 Å². The van der Waals surface area contributed by atoms with Crippen LogP contribution < -0.4 is 5.32 Å². The molecule has 110 valence electrons. The van der Waals surface area contributed by atoms with Crippen molar-refractivity contribution in [3.05, 3.63) is 33.3 Å². The Labute approximate surface area is 139 Å². The Hall–Kier alpha value is -1.24. The summed E-state index contributed by atoms with van der Waals surface area (Å²) >= 11 is 2.37. The standard InChI is InChI=1S/C16H19IN4/c1-10-7-8-12(9-19-10)15-20-14(11-5-3-4-6-11)13(17)16(18-2)21-15/h7-9,11H,3-6H2,1-2H3,(H,18,20,21). The average Bonchev–Trinajstić information content (AvgIpc) is 3.02. The largest absolute Gasteiger partial charge is 0.372 e. The number of anilines is 1. The lowest BCUT2D eigenvalue weighted by Gasteiger charge is -2.15. The second-order valence-corrected chi connectivity index (χ2v) is 6.59. The van der Waals surface area contributed by atoms with Gasteiger partial charge in [-0.1, -0.05) is 12.8 Å². The third kappa shape index (κ3) is 3.02. The van der Waals surface area contributed by atoms with Gasteiger partial charge in [0.15, 0.2) is 5.82 Å². The Kier molecular flexibility index (Phi) is 4.37. The van der Waals surface area contributed by atoms with Crippen LogP contribution in [-0.4, -0.2) is 22.0 Å². The number of hydrogen-bond donors (Lipinski definition) is 1. The van der Waals surface area contributed by atoms with Crippen molar-refractivity contribution in [1.29, 1.82) is 0 Å². The first kappa shape index (κ1) is 14.7. The van der Waals surface area contributed by atoms with E-state index in [2.05, 4.69) is 37.9 Å². The molecule has 0 unspecified atom stereocenters. The van der Waals surface area contributed by atoms with Gasteiger partial charge in [0.05, 0.1) is 9.26 Å². The summed E-state index contributed by atoms with van der Waals surface area (Å²) in [5.41, 5.74) is 3.19. The van der Waals surface area contributed by atoms with Crippen LogP contribution in [0.2, 0.25) is 0 Å². The summed E-state index contributed by atoms with van der Waals surface area (Å²) in [5, 5.41) is 3.20. The lowest BCUT2D eigenvalue weighted by atomic mass is 10.0. The van der Waals surface area contributed by atoms with E-state index < -0.39 is 0 Å². The fourth-order valence-electron chi connectivity index (χ4n) is 2.83. The molecule has 0 amide bonds. The first-order valence-corrected chi connectivity index (χ1v) is 8.45. The summed E-state index contributed by atoms with van der Waals surface area (Å²) in [6, 6.07) is 4.05. The van der Waals surface area contributed by atoms with Gasteiger partial charge in [0, 0.05) is 30.4 Å². The highest BCUT2D eigenvalue weighted by Gasteiger charge is 2.24. The minimum Gasteiger partial charge on any atom is -0.372 e. The normalized spacial score (nSPS) is 15.4. The van der Waals surface area contributed by atoms with Crippen molar-refractivity contribution in [3.63, 3.8) is 0 Å². The molecular formula is C16H19IN4. The molecule has 4 nitrogen and oxygen atoms in total. The molecule has 1 aliphatic carbocycles. The molecule has 2 aromatic rings. The number of halogens is 1. The minimum atomic E-state index is 0.573. The van der Waals surface area contributed by atoms with Crippen molar-refractivity contribution < 1.29 is 0 Å². The van der Waals surface area contributed by atoms with E-state index in [-0.39, 0.29) is 0 Å². The summed E-state index contributed by atoms with van der Waals surface area (Å²) in [4.78, 5) is 13.9. The average molecular weight is 394 g/mol. The third-order valence-electron chi connectivity index (χ3n) is 4.03. The van der Waals surface area contributed by atoms with E-state index in [9.17, 15) is 0 Å². The number of aromatic nitrogens is 3. The summed E-state index contributed by atoms with van der Waals surface area (Å²) in [6.07, 6.45) is 6.95. The second kappa shape index (κ2) is 6.25. The molecule has 2 heterocycles. The second-order valence-electron chi connectivity index (χ2n) is 5.51. The van der Waals surface area contributed by atoms with E-state index in [1.807, 2.05) is 32.3 Å². The zero-order valence-electron chi connectivity index (χ0n) is 12.4.